The number of hydrogen-bond donors (Lipinski definition) is 1. The molecule has 0 aliphatic heterocycles. The molecule has 2 aromatic rings. The Labute approximate surface area is 150 Å². The molecule has 0 aliphatic carbocycles. The van der Waals surface area contributed by atoms with E-state index in [4.69, 9.17) is 16.3 Å². The molecule has 1 N–H and O–H groups in total. The Hall–Kier alpha value is -2.66. The quantitative estimate of drug-likeness (QED) is 0.603. The van der Waals surface area contributed by atoms with E-state index < -0.39 is 18.5 Å². The maximum absolute atomic E-state index is 11.9. The van der Waals surface area contributed by atoms with Crippen molar-refractivity contribution in [3.05, 3.63) is 64.7 Å². The molecular formula is C19H18ClNO4. The van der Waals surface area contributed by atoms with Crippen LogP contribution in [0, 0.1) is 6.92 Å². The van der Waals surface area contributed by atoms with Crippen LogP contribution in [0.4, 0.5) is 5.69 Å². The number of aryl methyl sites for hydroxylation is 1. The second-order valence-electron chi connectivity index (χ2n) is 5.46. The van der Waals surface area contributed by atoms with Crippen molar-refractivity contribution in [2.45, 2.75) is 19.8 Å². The fraction of sp³-hybridized carbons (Fsp3) is 0.211. The molecule has 0 aromatic heterocycles. The lowest BCUT2D eigenvalue weighted by Crippen LogP contribution is -2.21. The van der Waals surface area contributed by atoms with Crippen LogP contribution in [0.15, 0.2) is 48.5 Å². The first-order valence-electron chi connectivity index (χ1n) is 7.75. The zero-order valence-corrected chi connectivity index (χ0v) is 14.5. The minimum Gasteiger partial charge on any atom is -0.456 e. The van der Waals surface area contributed by atoms with Gasteiger partial charge in [0.1, 0.15) is 0 Å². The van der Waals surface area contributed by atoms with E-state index in [1.807, 2.05) is 13.0 Å². The number of esters is 1. The number of carbonyl (C=O) groups is 3. The van der Waals surface area contributed by atoms with Crippen LogP contribution in [-0.2, 0) is 14.3 Å². The van der Waals surface area contributed by atoms with Gasteiger partial charge in [0.05, 0.1) is 6.42 Å². The molecule has 6 heteroatoms. The molecule has 0 atom stereocenters. The largest absolute Gasteiger partial charge is 0.456 e. The highest BCUT2D eigenvalue weighted by Gasteiger charge is 2.12. The first kappa shape index (κ1) is 18.7. The monoisotopic (exact) mass is 359 g/mol. The van der Waals surface area contributed by atoms with Crippen molar-refractivity contribution in [2.75, 3.05) is 11.9 Å². The number of benzene rings is 2. The number of Topliss-reactive ketones (excluding diaryl/α,β-unsaturated/α-hetero) is 1. The third kappa shape index (κ3) is 6.04. The fourth-order valence-electron chi connectivity index (χ4n) is 2.07. The molecule has 5 nitrogen and oxygen atoms in total. The number of hydrogen-bond acceptors (Lipinski definition) is 4. The van der Waals surface area contributed by atoms with E-state index in [0.717, 1.165) is 5.56 Å². The van der Waals surface area contributed by atoms with Gasteiger partial charge < -0.3 is 10.1 Å². The molecule has 0 radical (unpaired) electrons. The molecule has 0 saturated heterocycles. The maximum Gasteiger partial charge on any atom is 0.306 e. The number of nitrogens with one attached hydrogen (secondary N) is 1. The lowest BCUT2D eigenvalue weighted by atomic mass is 10.1. The van der Waals surface area contributed by atoms with E-state index in [1.54, 1.807) is 42.5 Å². The Morgan fingerprint density at radius 3 is 2.44 bits per heavy atom. The summed E-state index contributed by atoms with van der Waals surface area (Å²) in [6, 6.07) is 13.8. The van der Waals surface area contributed by atoms with Crippen LogP contribution in [0.2, 0.25) is 5.02 Å². The molecule has 130 valence electrons. The summed E-state index contributed by atoms with van der Waals surface area (Å²) in [5.74, 6) is -1.21. The van der Waals surface area contributed by atoms with Crippen LogP contribution in [0.3, 0.4) is 0 Å². The third-order valence-corrected chi connectivity index (χ3v) is 3.88. The predicted octanol–water partition coefficient (Wildman–Crippen LogP) is 3.79. The molecular weight excluding hydrogens is 342 g/mol. The summed E-state index contributed by atoms with van der Waals surface area (Å²) in [6.45, 7) is 1.44. The number of amides is 1. The number of carbonyl (C=O) groups excluding carboxylic acids is 3. The number of ether oxygens (including phenoxy) is 1. The van der Waals surface area contributed by atoms with Gasteiger partial charge >= 0.3 is 5.97 Å². The van der Waals surface area contributed by atoms with Gasteiger partial charge in [0, 0.05) is 22.7 Å². The van der Waals surface area contributed by atoms with E-state index in [2.05, 4.69) is 5.32 Å². The smallest absolute Gasteiger partial charge is 0.306 e. The van der Waals surface area contributed by atoms with Crippen LogP contribution >= 0.6 is 11.6 Å². The minimum absolute atomic E-state index is 0.0397. The zero-order chi connectivity index (χ0) is 18.2. The molecule has 0 unspecified atom stereocenters. The van der Waals surface area contributed by atoms with Crippen LogP contribution in [-0.4, -0.2) is 24.3 Å². The molecule has 25 heavy (non-hydrogen) atoms. The number of anilines is 1. The third-order valence-electron chi connectivity index (χ3n) is 3.47. The van der Waals surface area contributed by atoms with Gasteiger partial charge in [-0.2, -0.15) is 0 Å². The van der Waals surface area contributed by atoms with Gasteiger partial charge in [0.15, 0.2) is 12.4 Å². The molecule has 2 aromatic carbocycles. The standard InChI is InChI=1S/C19H18ClNO4/c1-13-7-8-15(11-16(13)20)21-18(23)12-25-19(24)10-9-17(22)14-5-3-2-4-6-14/h2-8,11H,9-10,12H2,1H3,(H,21,23). The van der Waals surface area contributed by atoms with Crippen molar-refractivity contribution in [3.8, 4) is 0 Å². The molecule has 0 spiro atoms. The topological polar surface area (TPSA) is 72.5 Å². The molecule has 0 bridgehead atoms. The SMILES string of the molecule is Cc1ccc(NC(=O)COC(=O)CCC(=O)c2ccccc2)cc1Cl. The Kier molecular flexibility index (Phi) is 6.71. The highest BCUT2D eigenvalue weighted by Crippen LogP contribution is 2.19. The average Bonchev–Trinajstić information content (AvgIpc) is 2.61. The molecule has 2 rings (SSSR count). The number of ketones is 1. The summed E-state index contributed by atoms with van der Waals surface area (Å²) in [7, 11) is 0. The Bertz CT molecular complexity index is 774. The maximum atomic E-state index is 11.9. The van der Waals surface area contributed by atoms with Crippen LogP contribution in [0.1, 0.15) is 28.8 Å². The molecule has 0 heterocycles. The number of halogens is 1. The molecule has 0 aliphatic rings. The second kappa shape index (κ2) is 8.99. The lowest BCUT2D eigenvalue weighted by molar-refractivity contribution is -0.147. The van der Waals surface area contributed by atoms with Crippen LogP contribution in [0.25, 0.3) is 0 Å². The van der Waals surface area contributed by atoms with Crippen molar-refractivity contribution < 1.29 is 19.1 Å². The fourth-order valence-corrected chi connectivity index (χ4v) is 2.25. The Balaban J connectivity index is 1.73. The first-order valence-corrected chi connectivity index (χ1v) is 8.13. The van der Waals surface area contributed by atoms with Crippen molar-refractivity contribution in [1.29, 1.82) is 0 Å². The normalized spacial score (nSPS) is 10.2. The average molecular weight is 360 g/mol. The van der Waals surface area contributed by atoms with Crippen molar-refractivity contribution in [3.63, 3.8) is 0 Å². The van der Waals surface area contributed by atoms with Gasteiger partial charge in [0.25, 0.3) is 5.91 Å². The van der Waals surface area contributed by atoms with Gasteiger partial charge in [-0.3, -0.25) is 14.4 Å². The Morgan fingerprint density at radius 1 is 1.04 bits per heavy atom. The summed E-state index contributed by atoms with van der Waals surface area (Å²) in [4.78, 5) is 35.3. The summed E-state index contributed by atoms with van der Waals surface area (Å²) in [5.41, 5.74) is 1.97. The molecule has 1 amide bonds. The Morgan fingerprint density at radius 2 is 1.76 bits per heavy atom. The summed E-state index contributed by atoms with van der Waals surface area (Å²) < 4.78 is 4.88. The lowest BCUT2D eigenvalue weighted by Gasteiger charge is -2.08. The highest BCUT2D eigenvalue weighted by molar-refractivity contribution is 6.31. The summed E-state index contributed by atoms with van der Waals surface area (Å²) >= 11 is 5.98. The highest BCUT2D eigenvalue weighted by atomic mass is 35.5. The summed E-state index contributed by atoms with van der Waals surface area (Å²) in [6.07, 6.45) is -0.0323. The van der Waals surface area contributed by atoms with Gasteiger partial charge in [-0.05, 0) is 24.6 Å². The number of rotatable bonds is 7. The van der Waals surface area contributed by atoms with Crippen molar-refractivity contribution >= 4 is 34.9 Å². The minimum atomic E-state index is -0.596. The second-order valence-corrected chi connectivity index (χ2v) is 5.87. The van der Waals surface area contributed by atoms with Gasteiger partial charge in [-0.15, -0.1) is 0 Å². The van der Waals surface area contributed by atoms with E-state index in [0.29, 0.717) is 16.3 Å². The van der Waals surface area contributed by atoms with Crippen LogP contribution in [0.5, 0.6) is 0 Å². The van der Waals surface area contributed by atoms with E-state index in [1.165, 1.54) is 0 Å². The van der Waals surface area contributed by atoms with Crippen molar-refractivity contribution in [1.82, 2.24) is 0 Å². The van der Waals surface area contributed by atoms with Crippen LogP contribution < -0.4 is 5.32 Å². The molecule has 0 fully saturated rings. The molecule has 0 saturated carbocycles. The van der Waals surface area contributed by atoms with E-state index in [9.17, 15) is 14.4 Å². The van der Waals surface area contributed by atoms with E-state index in [-0.39, 0.29) is 18.6 Å². The van der Waals surface area contributed by atoms with Gasteiger partial charge in [-0.1, -0.05) is 48.0 Å². The first-order chi connectivity index (χ1) is 12.0. The van der Waals surface area contributed by atoms with Gasteiger partial charge in [-0.25, -0.2) is 0 Å². The van der Waals surface area contributed by atoms with Gasteiger partial charge in [0.2, 0.25) is 0 Å². The van der Waals surface area contributed by atoms with E-state index >= 15 is 0 Å². The summed E-state index contributed by atoms with van der Waals surface area (Å²) in [5, 5.41) is 3.12. The zero-order valence-electron chi connectivity index (χ0n) is 13.8. The predicted molar refractivity (Wildman–Crippen MR) is 95.8 cm³/mol. The van der Waals surface area contributed by atoms with Crippen molar-refractivity contribution in [2.24, 2.45) is 0 Å².